The monoisotopic (exact) mass is 336 g/mol. The summed E-state index contributed by atoms with van der Waals surface area (Å²) in [6, 6.07) is 13.0. The van der Waals surface area contributed by atoms with Gasteiger partial charge in [0, 0.05) is 29.3 Å². The molecule has 0 fully saturated rings. The van der Waals surface area contributed by atoms with Crippen LogP contribution >= 0.6 is 15.9 Å². The third kappa shape index (κ3) is 3.19. The molecule has 0 heterocycles. The van der Waals surface area contributed by atoms with Crippen LogP contribution in [0.4, 0.5) is 10.1 Å². The SMILES string of the molecule is Cc1cccc(N(C)C(CN)c2ccc(Br)cc2F)c1. The topological polar surface area (TPSA) is 29.3 Å². The Hall–Kier alpha value is -1.39. The van der Waals surface area contributed by atoms with Crippen LogP contribution in [0.15, 0.2) is 46.9 Å². The number of nitrogens with two attached hydrogens (primary N) is 1. The zero-order valence-corrected chi connectivity index (χ0v) is 13.2. The summed E-state index contributed by atoms with van der Waals surface area (Å²) in [6.07, 6.45) is 0. The molecule has 2 rings (SSSR count). The Morgan fingerprint density at radius 3 is 2.60 bits per heavy atom. The second kappa shape index (κ2) is 6.37. The first-order valence-corrected chi connectivity index (χ1v) is 7.26. The standard InChI is InChI=1S/C16H18BrFN2/c1-11-4-3-5-13(8-11)20(2)16(10-19)14-7-6-12(17)9-15(14)18/h3-9,16H,10,19H2,1-2H3. The van der Waals surface area contributed by atoms with E-state index in [-0.39, 0.29) is 11.9 Å². The highest BCUT2D eigenvalue weighted by atomic mass is 79.9. The molecule has 0 saturated carbocycles. The molecule has 0 aliphatic heterocycles. The average molecular weight is 337 g/mol. The Bertz CT molecular complexity index is 601. The molecule has 1 atom stereocenters. The molecule has 0 saturated heterocycles. The van der Waals surface area contributed by atoms with Crippen molar-refractivity contribution in [1.29, 1.82) is 0 Å². The summed E-state index contributed by atoms with van der Waals surface area (Å²) in [5, 5.41) is 0. The molecular weight excluding hydrogens is 319 g/mol. The molecule has 0 spiro atoms. The van der Waals surface area contributed by atoms with E-state index in [1.54, 1.807) is 6.07 Å². The number of anilines is 1. The third-order valence-electron chi connectivity index (χ3n) is 3.42. The molecule has 2 aromatic carbocycles. The number of benzene rings is 2. The molecule has 0 aliphatic carbocycles. The maximum atomic E-state index is 14.1. The second-order valence-corrected chi connectivity index (χ2v) is 5.78. The maximum Gasteiger partial charge on any atom is 0.129 e. The number of halogens is 2. The fraction of sp³-hybridized carbons (Fsp3) is 0.250. The minimum absolute atomic E-state index is 0.190. The highest BCUT2D eigenvalue weighted by molar-refractivity contribution is 9.10. The van der Waals surface area contributed by atoms with E-state index in [0.29, 0.717) is 12.1 Å². The van der Waals surface area contributed by atoms with Gasteiger partial charge in [0.25, 0.3) is 0 Å². The van der Waals surface area contributed by atoms with Crippen molar-refractivity contribution in [3.05, 3.63) is 63.9 Å². The quantitative estimate of drug-likeness (QED) is 0.913. The number of aryl methyl sites for hydroxylation is 1. The van der Waals surface area contributed by atoms with Crippen LogP contribution in [0.1, 0.15) is 17.2 Å². The first kappa shape index (κ1) is 15.0. The maximum absolute atomic E-state index is 14.1. The predicted molar refractivity (Wildman–Crippen MR) is 85.5 cm³/mol. The van der Waals surface area contributed by atoms with Gasteiger partial charge in [-0.05, 0) is 36.8 Å². The van der Waals surface area contributed by atoms with Crippen LogP contribution in [-0.4, -0.2) is 13.6 Å². The van der Waals surface area contributed by atoms with Crippen LogP contribution in [0.2, 0.25) is 0 Å². The van der Waals surface area contributed by atoms with E-state index in [9.17, 15) is 4.39 Å². The van der Waals surface area contributed by atoms with E-state index in [1.165, 1.54) is 11.6 Å². The lowest BCUT2D eigenvalue weighted by molar-refractivity contribution is 0.572. The highest BCUT2D eigenvalue weighted by Gasteiger charge is 2.19. The van der Waals surface area contributed by atoms with E-state index < -0.39 is 0 Å². The normalized spacial score (nSPS) is 12.2. The number of hydrogen-bond acceptors (Lipinski definition) is 2. The van der Waals surface area contributed by atoms with Gasteiger partial charge in [-0.2, -0.15) is 0 Å². The summed E-state index contributed by atoms with van der Waals surface area (Å²) < 4.78 is 14.9. The van der Waals surface area contributed by atoms with Crippen LogP contribution in [0.25, 0.3) is 0 Å². The molecule has 0 amide bonds. The minimum atomic E-state index is -0.241. The van der Waals surface area contributed by atoms with Gasteiger partial charge in [0.1, 0.15) is 5.82 Å². The van der Waals surface area contributed by atoms with Crippen LogP contribution in [-0.2, 0) is 0 Å². The summed E-state index contributed by atoms with van der Waals surface area (Å²) in [5.41, 5.74) is 8.68. The smallest absolute Gasteiger partial charge is 0.129 e. The molecule has 0 bridgehead atoms. The fourth-order valence-electron chi connectivity index (χ4n) is 2.29. The van der Waals surface area contributed by atoms with Crippen LogP contribution < -0.4 is 10.6 Å². The zero-order valence-electron chi connectivity index (χ0n) is 11.6. The molecule has 1 unspecified atom stereocenters. The van der Waals surface area contributed by atoms with Gasteiger partial charge in [-0.3, -0.25) is 0 Å². The van der Waals surface area contributed by atoms with Gasteiger partial charge < -0.3 is 10.6 Å². The Morgan fingerprint density at radius 2 is 2.00 bits per heavy atom. The molecule has 2 N–H and O–H groups in total. The van der Waals surface area contributed by atoms with Gasteiger partial charge in [0.05, 0.1) is 6.04 Å². The van der Waals surface area contributed by atoms with Crippen LogP contribution in [0.5, 0.6) is 0 Å². The zero-order chi connectivity index (χ0) is 14.7. The molecule has 2 nitrogen and oxygen atoms in total. The Kier molecular flexibility index (Phi) is 4.78. The molecule has 0 radical (unpaired) electrons. The number of hydrogen-bond donors (Lipinski definition) is 1. The van der Waals surface area contributed by atoms with Crippen molar-refractivity contribution in [2.75, 3.05) is 18.5 Å². The van der Waals surface area contributed by atoms with Gasteiger partial charge >= 0.3 is 0 Å². The third-order valence-corrected chi connectivity index (χ3v) is 3.91. The number of rotatable bonds is 4. The van der Waals surface area contributed by atoms with Gasteiger partial charge in [-0.25, -0.2) is 4.39 Å². The number of likely N-dealkylation sites (N-methyl/N-ethyl adjacent to an activating group) is 1. The first-order chi connectivity index (χ1) is 9.52. The van der Waals surface area contributed by atoms with Crippen molar-refractivity contribution in [3.63, 3.8) is 0 Å². The van der Waals surface area contributed by atoms with Gasteiger partial charge in [0.15, 0.2) is 0 Å². The molecule has 0 aliphatic rings. The average Bonchev–Trinajstić information content (AvgIpc) is 2.41. The van der Waals surface area contributed by atoms with Crippen LogP contribution in [0.3, 0.4) is 0 Å². The Balaban J connectivity index is 2.36. The lowest BCUT2D eigenvalue weighted by Crippen LogP contribution is -2.31. The summed E-state index contributed by atoms with van der Waals surface area (Å²) in [4.78, 5) is 2.01. The fourth-order valence-corrected chi connectivity index (χ4v) is 2.63. The number of nitrogens with zero attached hydrogens (tertiary/aromatic N) is 1. The second-order valence-electron chi connectivity index (χ2n) is 4.87. The van der Waals surface area contributed by atoms with E-state index in [4.69, 9.17) is 5.73 Å². The van der Waals surface area contributed by atoms with E-state index in [0.717, 1.165) is 10.2 Å². The van der Waals surface area contributed by atoms with Crippen molar-refractivity contribution in [3.8, 4) is 0 Å². The Morgan fingerprint density at radius 1 is 1.25 bits per heavy atom. The summed E-state index contributed by atoms with van der Waals surface area (Å²) in [5.74, 6) is -0.241. The van der Waals surface area contributed by atoms with Crippen molar-refractivity contribution >= 4 is 21.6 Å². The Labute approximate surface area is 127 Å². The molecule has 0 aromatic heterocycles. The van der Waals surface area contributed by atoms with Gasteiger partial charge in [-0.15, -0.1) is 0 Å². The summed E-state index contributed by atoms with van der Waals surface area (Å²) in [7, 11) is 1.94. The summed E-state index contributed by atoms with van der Waals surface area (Å²) >= 11 is 3.27. The highest BCUT2D eigenvalue weighted by Crippen LogP contribution is 2.28. The van der Waals surface area contributed by atoms with Crippen molar-refractivity contribution in [2.45, 2.75) is 13.0 Å². The molecule has 106 valence electrons. The minimum Gasteiger partial charge on any atom is -0.366 e. The van der Waals surface area contributed by atoms with E-state index in [2.05, 4.69) is 22.0 Å². The molecule has 20 heavy (non-hydrogen) atoms. The van der Waals surface area contributed by atoms with Crippen LogP contribution in [0, 0.1) is 12.7 Å². The van der Waals surface area contributed by atoms with E-state index >= 15 is 0 Å². The van der Waals surface area contributed by atoms with Gasteiger partial charge in [-0.1, -0.05) is 34.1 Å². The van der Waals surface area contributed by atoms with Crippen molar-refractivity contribution in [1.82, 2.24) is 0 Å². The largest absolute Gasteiger partial charge is 0.366 e. The molecule has 2 aromatic rings. The van der Waals surface area contributed by atoms with Crippen molar-refractivity contribution < 1.29 is 4.39 Å². The summed E-state index contributed by atoms with van der Waals surface area (Å²) in [6.45, 7) is 2.39. The molecule has 4 heteroatoms. The lowest BCUT2D eigenvalue weighted by Gasteiger charge is -2.30. The first-order valence-electron chi connectivity index (χ1n) is 6.47. The van der Waals surface area contributed by atoms with Crippen molar-refractivity contribution in [2.24, 2.45) is 5.73 Å². The van der Waals surface area contributed by atoms with E-state index in [1.807, 2.05) is 43.1 Å². The molecular formula is C16H18BrFN2. The van der Waals surface area contributed by atoms with Gasteiger partial charge in [0.2, 0.25) is 0 Å². The lowest BCUT2D eigenvalue weighted by atomic mass is 10.0. The predicted octanol–water partition coefficient (Wildman–Crippen LogP) is 4.03.